The summed E-state index contributed by atoms with van der Waals surface area (Å²) >= 11 is 0. The van der Waals surface area contributed by atoms with Crippen LogP contribution in [0, 0.1) is 0 Å². The highest BCUT2D eigenvalue weighted by Gasteiger charge is 2.27. The molecule has 1 aliphatic carbocycles. The second kappa shape index (κ2) is 11.8. The molecule has 5 nitrogen and oxygen atoms in total. The van der Waals surface area contributed by atoms with Gasteiger partial charge in [0.1, 0.15) is 0 Å². The van der Waals surface area contributed by atoms with Gasteiger partial charge in [-0.25, -0.2) is 15.0 Å². The summed E-state index contributed by atoms with van der Waals surface area (Å²) in [7, 11) is 0. The van der Waals surface area contributed by atoms with Gasteiger partial charge in [-0.3, -0.25) is 0 Å². The van der Waals surface area contributed by atoms with Gasteiger partial charge in [0.2, 0.25) is 0 Å². The molecule has 13 rings (SSSR count). The number of hydrogen-bond donors (Lipinski definition) is 0. The van der Waals surface area contributed by atoms with Gasteiger partial charge in [-0.1, -0.05) is 121 Å². The minimum Gasteiger partial charge on any atom is -0.309 e. The predicted molar refractivity (Wildman–Crippen MR) is 239 cm³/mol. The van der Waals surface area contributed by atoms with Gasteiger partial charge in [0.15, 0.2) is 17.5 Å². The van der Waals surface area contributed by atoms with E-state index in [-0.39, 0.29) is 0 Å². The van der Waals surface area contributed by atoms with E-state index in [0.717, 1.165) is 33.5 Å². The molecule has 0 aliphatic heterocycles. The molecule has 1 aliphatic rings. The lowest BCUT2D eigenvalue weighted by atomic mass is 9.95. The van der Waals surface area contributed by atoms with Crippen LogP contribution in [0.3, 0.4) is 0 Å². The van der Waals surface area contributed by atoms with Crippen molar-refractivity contribution in [3.8, 4) is 56.7 Å². The quantitative estimate of drug-likeness (QED) is 0.177. The molecule has 268 valence electrons. The molecule has 0 spiro atoms. The van der Waals surface area contributed by atoms with E-state index in [9.17, 15) is 0 Å². The van der Waals surface area contributed by atoms with E-state index in [0.29, 0.717) is 17.5 Å². The fraction of sp³-hybridized carbons (Fsp3) is 0. The number of para-hydroxylation sites is 1. The molecule has 0 saturated heterocycles. The average Bonchev–Trinajstić information content (AvgIpc) is 3.78. The second-order valence-corrected chi connectivity index (χ2v) is 15.2. The van der Waals surface area contributed by atoms with E-state index in [1.807, 2.05) is 18.2 Å². The Morgan fingerprint density at radius 3 is 1.47 bits per heavy atom. The van der Waals surface area contributed by atoms with Crippen LogP contribution < -0.4 is 0 Å². The number of fused-ring (bicyclic) bond motifs is 2. The molecule has 0 unspecified atom stereocenters. The van der Waals surface area contributed by atoms with Crippen LogP contribution in [0.2, 0.25) is 0 Å². The minimum absolute atomic E-state index is 0.638. The SMILES string of the molecule is c1ccc(-c2nc(-c3ccc(-n4c5cccc6c5c5c7c8c9c-6cccc9ccc8n(-c6ccccc6)c7ccc54)cc3)nc(-c3ccc4ccccc4c3)n2)cc1. The third kappa shape index (κ3) is 4.38. The Bertz CT molecular complexity index is 3660. The van der Waals surface area contributed by atoms with Crippen LogP contribution in [0.4, 0.5) is 0 Å². The summed E-state index contributed by atoms with van der Waals surface area (Å²) in [6.45, 7) is 0. The first kappa shape index (κ1) is 31.3. The van der Waals surface area contributed by atoms with E-state index in [1.54, 1.807) is 0 Å². The fourth-order valence-corrected chi connectivity index (χ4v) is 9.54. The number of nitrogens with zero attached hydrogens (tertiary/aromatic N) is 5. The fourth-order valence-electron chi connectivity index (χ4n) is 9.54. The largest absolute Gasteiger partial charge is 0.309 e. The first-order chi connectivity index (χ1) is 28.8. The van der Waals surface area contributed by atoms with Gasteiger partial charge in [0.25, 0.3) is 0 Å². The van der Waals surface area contributed by atoms with Gasteiger partial charge >= 0.3 is 0 Å². The molecule has 12 aromatic rings. The topological polar surface area (TPSA) is 48.5 Å². The standard InChI is InChI=1S/C53H31N5/c1-3-12-34(13-4-1)51-54-52(56-53(55-51)37-22-21-32-11-7-8-14-36(32)31-37)35-23-26-39(27-24-35)58-42-20-10-19-41-40-18-9-15-33-25-28-43-48(46(33)40)50-45(30-29-44(58)49(50)47(41)42)57(43)38-16-5-2-6-17-38/h1-31H. The summed E-state index contributed by atoms with van der Waals surface area (Å²) < 4.78 is 4.87. The molecule has 0 radical (unpaired) electrons. The highest BCUT2D eigenvalue weighted by atomic mass is 15.0. The van der Waals surface area contributed by atoms with Crippen molar-refractivity contribution < 1.29 is 0 Å². The Morgan fingerprint density at radius 2 is 0.741 bits per heavy atom. The Hall–Kier alpha value is -7.89. The molecule has 9 aromatic carbocycles. The second-order valence-electron chi connectivity index (χ2n) is 15.2. The maximum Gasteiger partial charge on any atom is 0.164 e. The first-order valence-electron chi connectivity index (χ1n) is 19.7. The van der Waals surface area contributed by atoms with Crippen molar-refractivity contribution in [1.82, 2.24) is 24.1 Å². The molecule has 58 heavy (non-hydrogen) atoms. The van der Waals surface area contributed by atoms with Crippen molar-refractivity contribution >= 4 is 65.2 Å². The van der Waals surface area contributed by atoms with Gasteiger partial charge < -0.3 is 9.13 Å². The number of hydrogen-bond acceptors (Lipinski definition) is 3. The third-order valence-corrected chi connectivity index (χ3v) is 12.1. The molecule has 0 fully saturated rings. The Kier molecular flexibility index (Phi) is 6.38. The monoisotopic (exact) mass is 737 g/mol. The van der Waals surface area contributed by atoms with Crippen molar-refractivity contribution in [3.63, 3.8) is 0 Å². The molecule has 3 heterocycles. The van der Waals surface area contributed by atoms with Gasteiger partial charge in [-0.15, -0.1) is 0 Å². The first-order valence-corrected chi connectivity index (χ1v) is 19.7. The van der Waals surface area contributed by atoms with Crippen LogP contribution in [0.25, 0.3) is 122 Å². The lowest BCUT2D eigenvalue weighted by Gasteiger charge is -2.12. The maximum absolute atomic E-state index is 5.09. The van der Waals surface area contributed by atoms with Crippen LogP contribution in [-0.4, -0.2) is 24.1 Å². The van der Waals surface area contributed by atoms with Gasteiger partial charge in [-0.2, -0.15) is 0 Å². The molecule has 5 heteroatoms. The summed E-state index contributed by atoms with van der Waals surface area (Å²) in [6, 6.07) is 67.2. The van der Waals surface area contributed by atoms with Crippen LogP contribution in [0.1, 0.15) is 0 Å². The summed E-state index contributed by atoms with van der Waals surface area (Å²) in [5.74, 6) is 1.94. The molecule has 0 amide bonds. The molecule has 0 saturated carbocycles. The zero-order chi connectivity index (χ0) is 37.9. The molecular weight excluding hydrogens is 707 g/mol. The van der Waals surface area contributed by atoms with E-state index in [2.05, 4.69) is 179 Å². The third-order valence-electron chi connectivity index (χ3n) is 12.1. The summed E-state index contributed by atoms with van der Waals surface area (Å²) in [6.07, 6.45) is 0. The Morgan fingerprint density at radius 1 is 0.276 bits per heavy atom. The average molecular weight is 738 g/mol. The van der Waals surface area contributed by atoms with E-state index < -0.39 is 0 Å². The van der Waals surface area contributed by atoms with Crippen LogP contribution >= 0.6 is 0 Å². The van der Waals surface area contributed by atoms with Crippen molar-refractivity contribution in [3.05, 3.63) is 188 Å². The van der Waals surface area contributed by atoms with Gasteiger partial charge in [-0.05, 0) is 99.4 Å². The maximum atomic E-state index is 5.09. The van der Waals surface area contributed by atoms with Crippen molar-refractivity contribution in [2.75, 3.05) is 0 Å². The molecular formula is C53H31N5. The van der Waals surface area contributed by atoms with Gasteiger partial charge in [0, 0.05) is 49.6 Å². The molecule has 0 atom stereocenters. The Balaban J connectivity index is 1.03. The Labute approximate surface area is 332 Å². The number of benzene rings is 9. The number of rotatable bonds is 5. The molecule has 0 N–H and O–H groups in total. The van der Waals surface area contributed by atoms with E-state index in [4.69, 9.17) is 15.0 Å². The lowest BCUT2D eigenvalue weighted by molar-refractivity contribution is 1.07. The zero-order valence-corrected chi connectivity index (χ0v) is 31.1. The van der Waals surface area contributed by atoms with Crippen molar-refractivity contribution in [2.45, 2.75) is 0 Å². The predicted octanol–water partition coefficient (Wildman–Crippen LogP) is 13.4. The highest BCUT2D eigenvalue weighted by molar-refractivity contribution is 6.38. The normalized spacial score (nSPS) is 12.1. The van der Waals surface area contributed by atoms with Crippen LogP contribution in [0.5, 0.6) is 0 Å². The highest BCUT2D eigenvalue weighted by Crippen LogP contribution is 2.51. The van der Waals surface area contributed by atoms with E-state index in [1.165, 1.54) is 70.9 Å². The minimum atomic E-state index is 0.638. The summed E-state index contributed by atoms with van der Waals surface area (Å²) in [4.78, 5) is 15.1. The van der Waals surface area contributed by atoms with Crippen molar-refractivity contribution in [1.29, 1.82) is 0 Å². The zero-order valence-electron chi connectivity index (χ0n) is 31.1. The summed E-state index contributed by atoms with van der Waals surface area (Å²) in [5, 5.41) is 10.1. The van der Waals surface area contributed by atoms with Crippen LogP contribution in [0.15, 0.2) is 188 Å². The van der Waals surface area contributed by atoms with E-state index >= 15 is 0 Å². The smallest absolute Gasteiger partial charge is 0.164 e. The summed E-state index contributed by atoms with van der Waals surface area (Å²) in [5.41, 5.74) is 12.4. The molecule has 0 bridgehead atoms. The number of aromatic nitrogens is 5. The molecule has 3 aromatic heterocycles. The van der Waals surface area contributed by atoms with Crippen molar-refractivity contribution in [2.24, 2.45) is 0 Å². The van der Waals surface area contributed by atoms with Crippen LogP contribution in [-0.2, 0) is 0 Å². The lowest BCUT2D eigenvalue weighted by Crippen LogP contribution is -2.00. The van der Waals surface area contributed by atoms with Gasteiger partial charge in [0.05, 0.1) is 22.1 Å².